The highest BCUT2D eigenvalue weighted by Gasteiger charge is 2.55. The Balaban J connectivity index is 3.70. The molecule has 238 valence electrons. The van der Waals surface area contributed by atoms with Crippen LogP contribution in [0.1, 0.15) is 82.6 Å². The molecule has 8 heteroatoms. The van der Waals surface area contributed by atoms with Crippen molar-refractivity contribution in [1.82, 2.24) is 0 Å². The van der Waals surface area contributed by atoms with Crippen molar-refractivity contribution in [2.24, 2.45) is 23.7 Å². The van der Waals surface area contributed by atoms with Crippen LogP contribution in [0, 0.1) is 23.7 Å². The van der Waals surface area contributed by atoms with E-state index in [1.807, 2.05) is 0 Å². The molecule has 0 aliphatic carbocycles. The molecule has 1 aliphatic heterocycles. The van der Waals surface area contributed by atoms with Crippen LogP contribution in [-0.2, 0) is 23.1 Å². The molecule has 0 aromatic carbocycles. The van der Waals surface area contributed by atoms with Crippen molar-refractivity contribution >= 4 is 16.6 Å². The smallest absolute Gasteiger partial charge is 0.192 e. The van der Waals surface area contributed by atoms with E-state index < -0.39 is 34.6 Å². The average molecular weight is 603 g/mol. The summed E-state index contributed by atoms with van der Waals surface area (Å²) in [4.78, 5) is 0. The molecule has 0 radical (unpaired) electrons. The van der Waals surface area contributed by atoms with Crippen molar-refractivity contribution in [3.05, 3.63) is 12.7 Å². The van der Waals surface area contributed by atoms with Crippen LogP contribution < -0.4 is 0 Å². The molecule has 0 aromatic heterocycles. The molecular weight excluding hydrogens is 537 g/mol. The van der Waals surface area contributed by atoms with Crippen molar-refractivity contribution in [1.29, 1.82) is 0 Å². The predicted molar refractivity (Wildman–Crippen MR) is 173 cm³/mol. The zero-order valence-corrected chi connectivity index (χ0v) is 30.4. The van der Waals surface area contributed by atoms with Gasteiger partial charge in [0, 0.05) is 38.4 Å². The molecule has 1 N–H and O–H groups in total. The Kier molecular flexibility index (Phi) is 15.8. The van der Waals surface area contributed by atoms with Crippen LogP contribution in [0.25, 0.3) is 0 Å². The second kappa shape index (κ2) is 16.7. The number of ether oxygens (including phenoxy) is 3. The van der Waals surface area contributed by atoms with Crippen LogP contribution in [0.15, 0.2) is 12.7 Å². The molecule has 1 saturated heterocycles. The normalized spacial score (nSPS) is 28.2. The summed E-state index contributed by atoms with van der Waals surface area (Å²) in [7, 11) is -0.534. The van der Waals surface area contributed by atoms with Crippen molar-refractivity contribution in [3.8, 4) is 0 Å². The number of hydrogen-bond donors (Lipinski definition) is 1. The molecule has 0 spiro atoms. The summed E-state index contributed by atoms with van der Waals surface area (Å²) in [5.41, 5.74) is 0. The maximum atomic E-state index is 11.5. The Morgan fingerprint density at radius 2 is 1.43 bits per heavy atom. The monoisotopic (exact) mass is 602 g/mol. The Morgan fingerprint density at radius 3 is 1.80 bits per heavy atom. The van der Waals surface area contributed by atoms with Gasteiger partial charge in [-0.05, 0) is 42.2 Å². The Bertz CT molecular complexity index is 712. The van der Waals surface area contributed by atoms with Gasteiger partial charge in [-0.1, -0.05) is 82.2 Å². The minimum absolute atomic E-state index is 0.00951. The number of aliphatic hydroxyl groups excluding tert-OH is 1. The first-order valence-electron chi connectivity index (χ1n) is 16.2. The van der Waals surface area contributed by atoms with Gasteiger partial charge in [0.2, 0.25) is 0 Å². The quantitative estimate of drug-likeness (QED) is 0.119. The fourth-order valence-corrected chi connectivity index (χ4v) is 12.9. The second-order valence-corrected chi connectivity index (χ2v) is 22.2. The third-order valence-corrected chi connectivity index (χ3v) is 20.0. The molecule has 0 unspecified atom stereocenters. The number of hydrogen-bond acceptors (Lipinski definition) is 6. The Morgan fingerprint density at radius 1 is 0.925 bits per heavy atom. The summed E-state index contributed by atoms with van der Waals surface area (Å²) in [5.74, 6) is -0.714. The largest absolute Gasteiger partial charge is 0.413 e. The first kappa shape index (κ1) is 38.0. The minimum Gasteiger partial charge on any atom is -0.413 e. The fourth-order valence-electron chi connectivity index (χ4n) is 6.96. The van der Waals surface area contributed by atoms with E-state index in [1.54, 1.807) is 20.3 Å². The molecule has 0 amide bonds. The van der Waals surface area contributed by atoms with Crippen LogP contribution in [0.3, 0.4) is 0 Å². The summed E-state index contributed by atoms with van der Waals surface area (Å²) >= 11 is 0. The van der Waals surface area contributed by atoms with Crippen LogP contribution in [0.2, 0.25) is 36.3 Å². The topological polar surface area (TPSA) is 66.4 Å². The van der Waals surface area contributed by atoms with E-state index in [0.29, 0.717) is 12.3 Å². The van der Waals surface area contributed by atoms with Gasteiger partial charge in [-0.15, -0.1) is 6.58 Å². The summed E-state index contributed by atoms with van der Waals surface area (Å²) in [6.07, 6.45) is 0.834. The Hall–Kier alpha value is -0.0662. The third kappa shape index (κ3) is 8.31. The SMILES string of the molecule is C=C[C@H](OC)[C@H](O)[C@@H](C)[C@@H](O[Si](CC)(CC)CC)[C@H](C)[C@@]1(OC)C[C@@H](O[Si](CC)(CC)CC)[C@H](C)[C@@H](C(C)C)O1. The lowest BCUT2D eigenvalue weighted by Crippen LogP contribution is -2.62. The molecule has 6 nitrogen and oxygen atoms in total. The lowest BCUT2D eigenvalue weighted by atomic mass is 9.76. The molecule has 40 heavy (non-hydrogen) atoms. The molecule has 0 aromatic rings. The minimum atomic E-state index is -2.05. The van der Waals surface area contributed by atoms with E-state index >= 15 is 0 Å². The second-order valence-electron chi connectivity index (χ2n) is 12.7. The first-order chi connectivity index (χ1) is 18.8. The summed E-state index contributed by atoms with van der Waals surface area (Å²) in [6, 6.07) is 6.40. The van der Waals surface area contributed by atoms with E-state index in [2.05, 4.69) is 82.7 Å². The number of rotatable bonds is 19. The predicted octanol–water partition coefficient (Wildman–Crippen LogP) is 8.03. The Labute approximate surface area is 250 Å². The van der Waals surface area contributed by atoms with Crippen molar-refractivity contribution in [3.63, 3.8) is 0 Å². The van der Waals surface area contributed by atoms with Crippen LogP contribution in [-0.4, -0.2) is 72.3 Å². The zero-order valence-electron chi connectivity index (χ0n) is 28.4. The van der Waals surface area contributed by atoms with Gasteiger partial charge in [-0.3, -0.25) is 0 Å². The molecule has 0 saturated carbocycles. The molecule has 1 rings (SSSR count). The van der Waals surface area contributed by atoms with E-state index in [4.69, 9.17) is 23.1 Å². The molecule has 1 heterocycles. The molecule has 1 aliphatic rings. The van der Waals surface area contributed by atoms with Gasteiger partial charge in [0.15, 0.2) is 22.4 Å². The van der Waals surface area contributed by atoms with Crippen molar-refractivity contribution < 1.29 is 28.2 Å². The van der Waals surface area contributed by atoms with Gasteiger partial charge in [-0.2, -0.15) is 0 Å². The highest BCUT2D eigenvalue weighted by Crippen LogP contribution is 2.47. The first-order valence-corrected chi connectivity index (χ1v) is 21.3. The highest BCUT2D eigenvalue weighted by atomic mass is 28.4. The summed E-state index contributed by atoms with van der Waals surface area (Å²) < 4.78 is 33.6. The maximum Gasteiger partial charge on any atom is 0.192 e. The highest BCUT2D eigenvalue weighted by molar-refractivity contribution is 6.74. The van der Waals surface area contributed by atoms with Crippen molar-refractivity contribution in [2.45, 2.75) is 155 Å². The van der Waals surface area contributed by atoms with E-state index in [0.717, 1.165) is 36.3 Å². The molecule has 0 bridgehead atoms. The van der Waals surface area contributed by atoms with Gasteiger partial charge in [0.25, 0.3) is 0 Å². The van der Waals surface area contributed by atoms with Crippen LogP contribution in [0.5, 0.6) is 0 Å². The molecule has 1 fully saturated rings. The van der Waals surface area contributed by atoms with E-state index in [-0.39, 0.29) is 36.1 Å². The standard InChI is InChI=1S/C32H66O6Si2/c1-15-27(34-13)29(33)25(11)31(38-40(19-5,20-6)21-7)26(12)32(35-14)22-28(24(10)30(36-32)23(8)9)37-39(16-2,17-3)18-4/h15,23-31,33H,1,16-22H2,2-14H3/t24-,25+,26-,27-,28+,29+,30+,31+,32+/m0/s1. The van der Waals surface area contributed by atoms with Gasteiger partial charge < -0.3 is 28.2 Å². The summed E-state index contributed by atoms with van der Waals surface area (Å²) in [5, 5.41) is 11.5. The maximum absolute atomic E-state index is 11.5. The van der Waals surface area contributed by atoms with E-state index in [9.17, 15) is 5.11 Å². The van der Waals surface area contributed by atoms with Crippen LogP contribution >= 0.6 is 0 Å². The third-order valence-electron chi connectivity index (χ3n) is 10.7. The van der Waals surface area contributed by atoms with Gasteiger partial charge in [0.1, 0.15) is 6.10 Å². The fraction of sp³-hybridized carbons (Fsp3) is 0.938. The van der Waals surface area contributed by atoms with Gasteiger partial charge in [0.05, 0.1) is 24.4 Å². The lowest BCUT2D eigenvalue weighted by molar-refractivity contribution is -0.336. The average Bonchev–Trinajstić information content (AvgIpc) is 2.97. The van der Waals surface area contributed by atoms with Crippen molar-refractivity contribution in [2.75, 3.05) is 14.2 Å². The molecular formula is C32H66O6Si2. The van der Waals surface area contributed by atoms with Gasteiger partial charge in [-0.25, -0.2) is 0 Å². The van der Waals surface area contributed by atoms with Crippen LogP contribution in [0.4, 0.5) is 0 Å². The number of aliphatic hydroxyl groups is 1. The van der Waals surface area contributed by atoms with E-state index in [1.165, 1.54) is 0 Å². The number of methoxy groups -OCH3 is 2. The van der Waals surface area contributed by atoms with Gasteiger partial charge >= 0.3 is 0 Å². The lowest BCUT2D eigenvalue weighted by Gasteiger charge is -2.54. The zero-order chi connectivity index (χ0) is 30.9. The molecule has 9 atom stereocenters. The summed E-state index contributed by atoms with van der Waals surface area (Å²) in [6.45, 7) is 28.5.